The molecule has 1 fully saturated rings. The van der Waals surface area contributed by atoms with Crippen molar-refractivity contribution in [1.82, 2.24) is 0 Å². The molecule has 0 aromatic carbocycles. The van der Waals surface area contributed by atoms with Crippen LogP contribution in [0.5, 0.6) is 0 Å². The molecule has 1 aliphatic rings. The number of hydrogen-bond donors (Lipinski definition) is 0. The molecule has 0 radical (unpaired) electrons. The molecule has 0 aliphatic carbocycles. The number of ether oxygens (including phenoxy) is 2. The van der Waals surface area contributed by atoms with Crippen molar-refractivity contribution < 1.29 is 9.47 Å². The van der Waals surface area contributed by atoms with Gasteiger partial charge < -0.3 is 9.47 Å². The molecule has 0 bridgehead atoms. The average Bonchev–Trinajstić information content (AvgIpc) is 2.59. The van der Waals surface area contributed by atoms with Gasteiger partial charge in [-0.3, -0.25) is 0 Å². The van der Waals surface area contributed by atoms with Gasteiger partial charge in [-0.1, -0.05) is 20.3 Å². The predicted molar refractivity (Wildman–Crippen MR) is 54.1 cm³/mol. The summed E-state index contributed by atoms with van der Waals surface area (Å²) < 4.78 is 11.5. The minimum Gasteiger partial charge on any atom is -0.347 e. The Bertz CT molecular complexity index is 152. The van der Waals surface area contributed by atoms with Gasteiger partial charge in [0.25, 0.3) is 0 Å². The third-order valence-corrected chi connectivity index (χ3v) is 2.88. The van der Waals surface area contributed by atoms with E-state index < -0.39 is 0 Å². The first-order chi connectivity index (χ1) is 6.26. The predicted octanol–water partition coefficient (Wildman–Crippen LogP) is 2.94. The molecule has 0 aromatic heterocycles. The van der Waals surface area contributed by atoms with Crippen molar-refractivity contribution in [1.29, 1.82) is 0 Å². The molecule has 0 aromatic rings. The summed E-state index contributed by atoms with van der Waals surface area (Å²) in [7, 11) is 0. The first-order valence-corrected chi connectivity index (χ1v) is 5.67. The smallest absolute Gasteiger partial charge is 0.168 e. The van der Waals surface area contributed by atoms with E-state index in [-0.39, 0.29) is 11.9 Å². The maximum absolute atomic E-state index is 5.80. The number of hydrogen-bond acceptors (Lipinski definition) is 2. The highest BCUT2D eigenvalue weighted by molar-refractivity contribution is 6.18. The van der Waals surface area contributed by atoms with Crippen molar-refractivity contribution >= 4 is 11.6 Å². The highest BCUT2D eigenvalue weighted by Gasteiger charge is 2.38. The van der Waals surface area contributed by atoms with Crippen LogP contribution in [0, 0.1) is 0 Å². The first-order valence-electron chi connectivity index (χ1n) is 5.14. The lowest BCUT2D eigenvalue weighted by molar-refractivity contribution is -0.173. The van der Waals surface area contributed by atoms with Crippen LogP contribution < -0.4 is 0 Å². The van der Waals surface area contributed by atoms with Crippen molar-refractivity contribution in [2.75, 3.05) is 12.5 Å². The number of alkyl halides is 1. The lowest BCUT2D eigenvalue weighted by atomic mass is 10.1. The van der Waals surface area contributed by atoms with Gasteiger partial charge in [-0.15, -0.1) is 11.6 Å². The van der Waals surface area contributed by atoms with Crippen LogP contribution in [0.3, 0.4) is 0 Å². The Hall–Kier alpha value is 0.210. The van der Waals surface area contributed by atoms with Crippen LogP contribution in [-0.4, -0.2) is 24.4 Å². The van der Waals surface area contributed by atoms with E-state index >= 15 is 0 Å². The van der Waals surface area contributed by atoms with Gasteiger partial charge >= 0.3 is 0 Å². The Morgan fingerprint density at radius 2 is 2.23 bits per heavy atom. The van der Waals surface area contributed by atoms with Gasteiger partial charge in [0.2, 0.25) is 0 Å². The summed E-state index contributed by atoms with van der Waals surface area (Å²) in [6.07, 6.45) is 4.34. The van der Waals surface area contributed by atoms with Gasteiger partial charge in [0.1, 0.15) is 0 Å². The molecule has 3 heteroatoms. The molecule has 13 heavy (non-hydrogen) atoms. The van der Waals surface area contributed by atoms with Gasteiger partial charge in [-0.2, -0.15) is 0 Å². The summed E-state index contributed by atoms with van der Waals surface area (Å²) in [5, 5.41) is 0. The Kier molecular flexibility index (Phi) is 4.50. The standard InChI is InChI=1S/C10H19ClO2/c1-3-5-6-10(4-2)12-8-9(7-11)13-10/h9H,3-8H2,1-2H3. The minimum atomic E-state index is -0.324. The molecule has 1 rings (SSSR count). The summed E-state index contributed by atoms with van der Waals surface area (Å²) in [4.78, 5) is 0. The summed E-state index contributed by atoms with van der Waals surface area (Å²) in [5.41, 5.74) is 0. The first kappa shape index (κ1) is 11.3. The van der Waals surface area contributed by atoms with Gasteiger partial charge in [-0.25, -0.2) is 0 Å². The molecule has 0 amide bonds. The van der Waals surface area contributed by atoms with E-state index in [0.717, 1.165) is 19.3 Å². The average molecular weight is 207 g/mol. The van der Waals surface area contributed by atoms with Crippen LogP contribution in [0.1, 0.15) is 39.5 Å². The summed E-state index contributed by atoms with van der Waals surface area (Å²) in [5.74, 6) is 0.212. The Labute approximate surface area is 85.5 Å². The van der Waals surface area contributed by atoms with E-state index in [0.29, 0.717) is 12.5 Å². The quantitative estimate of drug-likeness (QED) is 0.644. The molecule has 2 unspecified atom stereocenters. The molecule has 1 aliphatic heterocycles. The van der Waals surface area contributed by atoms with E-state index in [2.05, 4.69) is 13.8 Å². The molecule has 0 spiro atoms. The molecule has 1 saturated heterocycles. The third-order valence-electron chi connectivity index (χ3n) is 2.54. The molecule has 78 valence electrons. The summed E-state index contributed by atoms with van der Waals surface area (Å²) in [6, 6.07) is 0. The SMILES string of the molecule is CCCCC1(CC)OCC(CCl)O1. The minimum absolute atomic E-state index is 0.0958. The van der Waals surface area contributed by atoms with Crippen LogP contribution in [0.15, 0.2) is 0 Å². The summed E-state index contributed by atoms with van der Waals surface area (Å²) >= 11 is 5.72. The fraction of sp³-hybridized carbons (Fsp3) is 1.00. The normalized spacial score (nSPS) is 33.9. The van der Waals surface area contributed by atoms with Crippen molar-refractivity contribution in [3.63, 3.8) is 0 Å². The van der Waals surface area contributed by atoms with Crippen molar-refractivity contribution in [3.05, 3.63) is 0 Å². The zero-order valence-electron chi connectivity index (χ0n) is 8.51. The molecule has 0 N–H and O–H groups in total. The second kappa shape index (κ2) is 5.18. The Morgan fingerprint density at radius 3 is 2.69 bits per heavy atom. The van der Waals surface area contributed by atoms with Crippen LogP contribution in [-0.2, 0) is 9.47 Å². The fourth-order valence-electron chi connectivity index (χ4n) is 1.63. The van der Waals surface area contributed by atoms with E-state index in [1.807, 2.05) is 0 Å². The number of halogens is 1. The Morgan fingerprint density at radius 1 is 1.46 bits per heavy atom. The fourth-order valence-corrected chi connectivity index (χ4v) is 1.78. The van der Waals surface area contributed by atoms with E-state index in [4.69, 9.17) is 21.1 Å². The third kappa shape index (κ3) is 2.83. The lowest BCUT2D eigenvalue weighted by Gasteiger charge is -2.26. The molecular weight excluding hydrogens is 188 g/mol. The van der Waals surface area contributed by atoms with Crippen molar-refractivity contribution in [2.45, 2.75) is 51.4 Å². The van der Waals surface area contributed by atoms with Gasteiger partial charge in [-0.05, 0) is 12.8 Å². The van der Waals surface area contributed by atoms with Crippen LogP contribution in [0.25, 0.3) is 0 Å². The van der Waals surface area contributed by atoms with Crippen LogP contribution in [0.4, 0.5) is 0 Å². The molecule has 0 saturated carbocycles. The van der Waals surface area contributed by atoms with Crippen LogP contribution >= 0.6 is 11.6 Å². The maximum Gasteiger partial charge on any atom is 0.168 e. The van der Waals surface area contributed by atoms with E-state index in [1.165, 1.54) is 6.42 Å². The zero-order valence-corrected chi connectivity index (χ0v) is 9.27. The molecular formula is C10H19ClO2. The second-order valence-electron chi connectivity index (χ2n) is 3.57. The van der Waals surface area contributed by atoms with Crippen molar-refractivity contribution in [2.24, 2.45) is 0 Å². The second-order valence-corrected chi connectivity index (χ2v) is 3.88. The highest BCUT2D eigenvalue weighted by Crippen LogP contribution is 2.32. The lowest BCUT2D eigenvalue weighted by Crippen LogP contribution is -2.30. The zero-order chi connectivity index (χ0) is 9.73. The van der Waals surface area contributed by atoms with Gasteiger partial charge in [0, 0.05) is 6.42 Å². The monoisotopic (exact) mass is 206 g/mol. The molecule has 2 nitrogen and oxygen atoms in total. The van der Waals surface area contributed by atoms with Gasteiger partial charge in [0.15, 0.2) is 5.79 Å². The molecule has 1 heterocycles. The summed E-state index contributed by atoms with van der Waals surface area (Å²) in [6.45, 7) is 4.94. The van der Waals surface area contributed by atoms with Gasteiger partial charge in [0.05, 0.1) is 18.6 Å². The van der Waals surface area contributed by atoms with E-state index in [9.17, 15) is 0 Å². The maximum atomic E-state index is 5.80. The highest BCUT2D eigenvalue weighted by atomic mass is 35.5. The topological polar surface area (TPSA) is 18.5 Å². The van der Waals surface area contributed by atoms with Crippen LogP contribution in [0.2, 0.25) is 0 Å². The molecule has 2 atom stereocenters. The largest absolute Gasteiger partial charge is 0.347 e. The Balaban J connectivity index is 2.42. The number of unbranched alkanes of at least 4 members (excludes halogenated alkanes) is 1. The number of rotatable bonds is 5. The van der Waals surface area contributed by atoms with E-state index in [1.54, 1.807) is 0 Å². The van der Waals surface area contributed by atoms with Crippen molar-refractivity contribution in [3.8, 4) is 0 Å².